The molecule has 0 aliphatic heterocycles. The van der Waals surface area contributed by atoms with Crippen molar-refractivity contribution in [3.63, 3.8) is 0 Å². The average Bonchev–Trinajstić information content (AvgIpc) is 2.78. The number of carbonyl (C=O) groups is 1. The number of aromatic amines is 1. The molecule has 0 amide bonds. The fraction of sp³-hybridized carbons (Fsp3) is 0.385. The van der Waals surface area contributed by atoms with E-state index in [1.807, 2.05) is 21.1 Å². The minimum absolute atomic E-state index is 0. The summed E-state index contributed by atoms with van der Waals surface area (Å²) in [6.07, 6.45) is 0. The maximum atomic E-state index is 10.9. The van der Waals surface area contributed by atoms with E-state index in [1.54, 1.807) is 18.2 Å². The Morgan fingerprint density at radius 2 is 2.05 bits per heavy atom. The molecule has 0 spiro atoms. The van der Waals surface area contributed by atoms with E-state index < -0.39 is 5.97 Å². The first-order valence-electron chi connectivity index (χ1n) is 6.06. The number of carboxylic acid groups (broad SMARTS) is 1. The fourth-order valence-corrected chi connectivity index (χ4v) is 1.89. The van der Waals surface area contributed by atoms with Crippen molar-refractivity contribution in [1.29, 1.82) is 0 Å². The number of fused-ring (bicyclic) bond motifs is 1. The molecule has 1 heterocycles. The van der Waals surface area contributed by atoms with Crippen LogP contribution < -0.4 is 23.8 Å². The van der Waals surface area contributed by atoms with Gasteiger partial charge < -0.3 is 16.3 Å². The van der Waals surface area contributed by atoms with Gasteiger partial charge in [-0.2, -0.15) is 5.10 Å². The quantitative estimate of drug-likeness (QED) is 0.639. The average molecular weight is 270 g/mol. The van der Waals surface area contributed by atoms with Crippen molar-refractivity contribution in [3.8, 4) is 0 Å². The summed E-state index contributed by atoms with van der Waals surface area (Å²) in [7, 11) is 6.02. The Morgan fingerprint density at radius 1 is 1.35 bits per heavy atom. The van der Waals surface area contributed by atoms with Crippen LogP contribution in [0.2, 0.25) is 0 Å². The third-order valence-electron chi connectivity index (χ3n) is 3.03. The van der Waals surface area contributed by atoms with Crippen LogP contribution in [0.1, 0.15) is 11.8 Å². The number of hydrogen-bond acceptors (Lipinski definition) is 4. The predicted molar refractivity (Wildman–Crippen MR) is 76.0 cm³/mol. The van der Waals surface area contributed by atoms with Gasteiger partial charge in [0, 0.05) is 25.5 Å². The molecule has 0 bridgehead atoms. The molecular formula is C13H19LiN4O2. The van der Waals surface area contributed by atoms with Crippen LogP contribution in [-0.2, 0) is 0 Å². The molecule has 0 saturated carbocycles. The van der Waals surface area contributed by atoms with Gasteiger partial charge in [0.15, 0.2) is 5.82 Å². The zero-order chi connectivity index (χ0) is 14.0. The Bertz CT molecular complexity index is 603. The second kappa shape index (κ2) is 6.80. The summed E-state index contributed by atoms with van der Waals surface area (Å²) in [5.74, 6) is -0.0900. The zero-order valence-electron chi connectivity index (χ0n) is 13.3. The van der Waals surface area contributed by atoms with Gasteiger partial charge in [0.2, 0.25) is 0 Å². The molecule has 0 atom stereocenters. The summed E-state index contributed by atoms with van der Waals surface area (Å²) in [5, 5.41) is 17.0. The van der Waals surface area contributed by atoms with E-state index in [9.17, 15) is 4.79 Å². The Hall–Kier alpha value is -1.48. The molecule has 2 rings (SSSR count). The predicted octanol–water partition coefficient (Wildman–Crippen LogP) is -1.62. The van der Waals surface area contributed by atoms with Gasteiger partial charge in [-0.05, 0) is 32.3 Å². The first-order chi connectivity index (χ1) is 8.99. The van der Waals surface area contributed by atoms with Crippen LogP contribution in [0, 0.1) is 0 Å². The van der Waals surface area contributed by atoms with Gasteiger partial charge in [-0.25, -0.2) is 4.79 Å². The fourth-order valence-electron chi connectivity index (χ4n) is 1.89. The summed E-state index contributed by atoms with van der Waals surface area (Å²) in [5.41, 5.74) is 1.00. The van der Waals surface area contributed by atoms with E-state index in [0.717, 1.165) is 29.8 Å². The number of H-pyrrole nitrogens is 1. The molecule has 6 nitrogen and oxygen atoms in total. The van der Waals surface area contributed by atoms with E-state index in [1.165, 1.54) is 0 Å². The molecule has 7 heteroatoms. The SMILES string of the molecule is CN(C)CCN(C)c1n[nH]c2cc(C(=O)O)ccc12.[H-].[Li+]. The topological polar surface area (TPSA) is 72.5 Å². The minimum atomic E-state index is -0.931. The number of benzene rings is 1. The van der Waals surface area contributed by atoms with Crippen LogP contribution in [-0.4, -0.2) is 60.4 Å². The molecule has 2 N–H and O–H groups in total. The van der Waals surface area contributed by atoms with Crippen molar-refractivity contribution in [2.75, 3.05) is 39.1 Å². The Labute approximate surface area is 131 Å². The van der Waals surface area contributed by atoms with Crippen molar-refractivity contribution < 1.29 is 30.2 Å². The van der Waals surface area contributed by atoms with E-state index in [0.29, 0.717) is 0 Å². The van der Waals surface area contributed by atoms with Crippen LogP contribution in [0.5, 0.6) is 0 Å². The van der Waals surface area contributed by atoms with Crippen molar-refractivity contribution in [3.05, 3.63) is 23.8 Å². The number of nitrogens with zero attached hydrogens (tertiary/aromatic N) is 3. The summed E-state index contributed by atoms with van der Waals surface area (Å²) in [6, 6.07) is 5.00. The van der Waals surface area contributed by atoms with Crippen LogP contribution in [0.15, 0.2) is 18.2 Å². The van der Waals surface area contributed by atoms with Crippen LogP contribution >= 0.6 is 0 Å². The minimum Gasteiger partial charge on any atom is -1.00 e. The van der Waals surface area contributed by atoms with Crippen molar-refractivity contribution >= 4 is 22.7 Å². The van der Waals surface area contributed by atoms with Crippen molar-refractivity contribution in [1.82, 2.24) is 15.1 Å². The Morgan fingerprint density at radius 3 is 2.65 bits per heavy atom. The summed E-state index contributed by atoms with van der Waals surface area (Å²) < 4.78 is 0. The van der Waals surface area contributed by atoms with Crippen LogP contribution in [0.3, 0.4) is 0 Å². The number of aromatic carboxylic acids is 1. The van der Waals surface area contributed by atoms with Gasteiger partial charge in [-0.3, -0.25) is 5.10 Å². The molecule has 20 heavy (non-hydrogen) atoms. The Balaban J connectivity index is 0.00000200. The van der Waals surface area contributed by atoms with E-state index in [2.05, 4.69) is 20.0 Å². The molecule has 1 aromatic carbocycles. The third kappa shape index (κ3) is 3.54. The molecule has 0 unspecified atom stereocenters. The molecule has 104 valence electrons. The van der Waals surface area contributed by atoms with Crippen LogP contribution in [0.25, 0.3) is 10.9 Å². The molecule has 0 radical (unpaired) electrons. The number of rotatable bonds is 5. The Kier molecular flexibility index (Phi) is 5.63. The van der Waals surface area contributed by atoms with E-state index in [-0.39, 0.29) is 25.9 Å². The zero-order valence-corrected chi connectivity index (χ0v) is 12.3. The van der Waals surface area contributed by atoms with Gasteiger partial charge in [-0.15, -0.1) is 0 Å². The third-order valence-corrected chi connectivity index (χ3v) is 3.03. The maximum absolute atomic E-state index is 10.9. The van der Waals surface area contributed by atoms with Gasteiger partial charge in [0.05, 0.1) is 11.1 Å². The summed E-state index contributed by atoms with van der Waals surface area (Å²) >= 11 is 0. The smallest absolute Gasteiger partial charge is 1.00 e. The number of anilines is 1. The molecule has 0 saturated heterocycles. The van der Waals surface area contributed by atoms with Crippen molar-refractivity contribution in [2.24, 2.45) is 0 Å². The summed E-state index contributed by atoms with van der Waals surface area (Å²) in [4.78, 5) is 15.1. The number of hydrogen-bond donors (Lipinski definition) is 2. The number of aromatic nitrogens is 2. The normalized spacial score (nSPS) is 10.6. The van der Waals surface area contributed by atoms with Crippen LogP contribution in [0.4, 0.5) is 5.82 Å². The molecule has 0 fully saturated rings. The van der Waals surface area contributed by atoms with Gasteiger partial charge >= 0.3 is 24.8 Å². The largest absolute Gasteiger partial charge is 1.00 e. The van der Waals surface area contributed by atoms with E-state index >= 15 is 0 Å². The molecule has 0 aliphatic carbocycles. The van der Waals surface area contributed by atoms with Gasteiger partial charge in [-0.1, -0.05) is 0 Å². The number of nitrogens with one attached hydrogen (secondary N) is 1. The molecular weight excluding hydrogens is 251 g/mol. The number of carboxylic acids is 1. The maximum Gasteiger partial charge on any atom is 1.00 e. The molecule has 2 aromatic rings. The van der Waals surface area contributed by atoms with Gasteiger partial charge in [0.1, 0.15) is 0 Å². The first-order valence-corrected chi connectivity index (χ1v) is 6.06. The van der Waals surface area contributed by atoms with Crippen molar-refractivity contribution in [2.45, 2.75) is 0 Å². The summed E-state index contributed by atoms with van der Waals surface area (Å²) in [6.45, 7) is 1.78. The standard InChI is InChI=1S/C13H18N4O2.Li.H/c1-16(2)6-7-17(3)12-10-5-4-9(13(18)19)8-11(10)14-15-12;;/h4-5,8H,6-7H2,1-3H3,(H,14,15)(H,18,19);;/q;+1;-1. The molecule has 1 aromatic heterocycles. The first kappa shape index (κ1) is 16.6. The molecule has 0 aliphatic rings. The number of likely N-dealkylation sites (N-methyl/N-ethyl adjacent to an activating group) is 2. The van der Waals surface area contributed by atoms with E-state index in [4.69, 9.17) is 5.11 Å². The second-order valence-electron chi connectivity index (χ2n) is 4.84. The second-order valence-corrected chi connectivity index (χ2v) is 4.84. The van der Waals surface area contributed by atoms with Gasteiger partial charge in [0.25, 0.3) is 0 Å². The monoisotopic (exact) mass is 270 g/mol.